The monoisotopic (exact) mass is 262 g/mol. The average Bonchev–Trinajstić information content (AvgIpc) is 2.36. The van der Waals surface area contributed by atoms with Gasteiger partial charge in [0.1, 0.15) is 18.2 Å². The van der Waals surface area contributed by atoms with E-state index in [2.05, 4.69) is 4.98 Å². The summed E-state index contributed by atoms with van der Waals surface area (Å²) in [6.07, 6.45) is 3.00. The first-order valence-electron chi connectivity index (χ1n) is 5.10. The van der Waals surface area contributed by atoms with Crippen LogP contribution in [0.1, 0.15) is 11.1 Å². The van der Waals surface area contributed by atoms with Gasteiger partial charge in [0.05, 0.1) is 22.9 Å². The van der Waals surface area contributed by atoms with Gasteiger partial charge < -0.3 is 4.74 Å². The Morgan fingerprint density at radius 3 is 2.83 bits per heavy atom. The Morgan fingerprint density at radius 2 is 2.11 bits per heavy atom. The molecule has 0 atom stereocenters. The molecule has 0 unspecified atom stereocenters. The van der Waals surface area contributed by atoms with Crippen molar-refractivity contribution in [3.63, 3.8) is 0 Å². The van der Waals surface area contributed by atoms with Gasteiger partial charge in [-0.2, -0.15) is 5.26 Å². The van der Waals surface area contributed by atoms with Gasteiger partial charge in [-0.3, -0.25) is 4.98 Å². The lowest BCUT2D eigenvalue weighted by Gasteiger charge is -2.06. The molecule has 2 aromatic rings. The van der Waals surface area contributed by atoms with Crippen molar-refractivity contribution < 1.29 is 9.13 Å². The van der Waals surface area contributed by atoms with Crippen LogP contribution in [0.15, 0.2) is 36.7 Å². The lowest BCUT2D eigenvalue weighted by molar-refractivity contribution is 0.304. The largest absolute Gasteiger partial charge is 0.487 e. The minimum Gasteiger partial charge on any atom is -0.487 e. The maximum absolute atomic E-state index is 13.2. The van der Waals surface area contributed by atoms with Crippen LogP contribution in [-0.2, 0) is 6.61 Å². The van der Waals surface area contributed by atoms with Gasteiger partial charge in [0.25, 0.3) is 0 Å². The molecule has 0 radical (unpaired) electrons. The van der Waals surface area contributed by atoms with Gasteiger partial charge in [0.15, 0.2) is 0 Å². The van der Waals surface area contributed by atoms with Crippen molar-refractivity contribution in [3.05, 3.63) is 58.6 Å². The zero-order valence-corrected chi connectivity index (χ0v) is 9.99. The maximum Gasteiger partial charge on any atom is 0.139 e. The highest BCUT2D eigenvalue weighted by atomic mass is 35.5. The van der Waals surface area contributed by atoms with E-state index in [0.717, 1.165) is 0 Å². The number of pyridine rings is 1. The first-order chi connectivity index (χ1) is 8.67. The summed E-state index contributed by atoms with van der Waals surface area (Å²) in [6.45, 7) is 0.147. The molecule has 5 heteroatoms. The van der Waals surface area contributed by atoms with Gasteiger partial charge in [-0.05, 0) is 23.8 Å². The quantitative estimate of drug-likeness (QED) is 0.852. The number of ether oxygens (including phenoxy) is 1. The number of halogens is 2. The van der Waals surface area contributed by atoms with Gasteiger partial charge in [-0.25, -0.2) is 4.39 Å². The fourth-order valence-electron chi connectivity index (χ4n) is 1.44. The summed E-state index contributed by atoms with van der Waals surface area (Å²) in [6, 6.07) is 7.56. The van der Waals surface area contributed by atoms with Gasteiger partial charge in [-0.15, -0.1) is 0 Å². The first-order valence-corrected chi connectivity index (χ1v) is 5.48. The van der Waals surface area contributed by atoms with Crippen LogP contribution in [0.2, 0.25) is 5.02 Å². The molecule has 0 N–H and O–H groups in total. The fourth-order valence-corrected chi connectivity index (χ4v) is 1.60. The van der Waals surface area contributed by atoms with Crippen LogP contribution in [0.4, 0.5) is 4.39 Å². The van der Waals surface area contributed by atoms with Crippen molar-refractivity contribution in [2.75, 3.05) is 0 Å². The first kappa shape index (κ1) is 12.3. The molecule has 3 nitrogen and oxygen atoms in total. The standard InChI is InChI=1S/C13H8ClFN2O/c14-11-4-13(7-17-6-11)18-8-10-1-9(5-16)2-12(15)3-10/h1-4,6-7H,8H2. The molecule has 1 aromatic heterocycles. The average molecular weight is 263 g/mol. The summed E-state index contributed by atoms with van der Waals surface area (Å²) >= 11 is 5.75. The van der Waals surface area contributed by atoms with Crippen molar-refractivity contribution in [2.24, 2.45) is 0 Å². The lowest BCUT2D eigenvalue weighted by Crippen LogP contribution is -1.97. The zero-order chi connectivity index (χ0) is 13.0. The molecule has 0 saturated heterocycles. The van der Waals surface area contributed by atoms with Crippen LogP contribution in [0, 0.1) is 17.1 Å². The molecule has 1 heterocycles. The molecule has 18 heavy (non-hydrogen) atoms. The van der Waals surface area contributed by atoms with Crippen molar-refractivity contribution in [1.82, 2.24) is 4.98 Å². The van der Waals surface area contributed by atoms with E-state index in [-0.39, 0.29) is 12.2 Å². The van der Waals surface area contributed by atoms with Crippen molar-refractivity contribution in [3.8, 4) is 11.8 Å². The topological polar surface area (TPSA) is 45.9 Å². The van der Waals surface area contributed by atoms with E-state index in [1.54, 1.807) is 12.1 Å². The smallest absolute Gasteiger partial charge is 0.139 e. The molecular weight excluding hydrogens is 255 g/mol. The fraction of sp³-hybridized carbons (Fsp3) is 0.0769. The highest BCUT2D eigenvalue weighted by Gasteiger charge is 2.02. The number of aromatic nitrogens is 1. The van der Waals surface area contributed by atoms with E-state index in [0.29, 0.717) is 16.3 Å². The van der Waals surface area contributed by atoms with Crippen LogP contribution in [-0.4, -0.2) is 4.98 Å². The molecule has 2 rings (SSSR count). The van der Waals surface area contributed by atoms with Gasteiger partial charge >= 0.3 is 0 Å². The number of hydrogen-bond donors (Lipinski definition) is 0. The third-order valence-electron chi connectivity index (χ3n) is 2.17. The molecule has 0 spiro atoms. The van der Waals surface area contributed by atoms with Crippen molar-refractivity contribution >= 4 is 11.6 Å². The molecule has 0 aliphatic rings. The molecule has 0 saturated carbocycles. The van der Waals surface area contributed by atoms with E-state index >= 15 is 0 Å². The Morgan fingerprint density at radius 1 is 1.28 bits per heavy atom. The van der Waals surface area contributed by atoms with E-state index < -0.39 is 5.82 Å². The van der Waals surface area contributed by atoms with Gasteiger partial charge in [0, 0.05) is 12.3 Å². The Kier molecular flexibility index (Phi) is 3.75. The molecular formula is C13H8ClFN2O. The third kappa shape index (κ3) is 3.19. The Hall–Kier alpha value is -2.12. The second-order valence-electron chi connectivity index (χ2n) is 3.59. The zero-order valence-electron chi connectivity index (χ0n) is 9.23. The summed E-state index contributed by atoms with van der Waals surface area (Å²) < 4.78 is 18.6. The highest BCUT2D eigenvalue weighted by molar-refractivity contribution is 6.30. The second kappa shape index (κ2) is 5.48. The molecule has 0 fully saturated rings. The number of hydrogen-bond acceptors (Lipinski definition) is 3. The Labute approximate surface area is 108 Å². The second-order valence-corrected chi connectivity index (χ2v) is 4.02. The normalized spacial score (nSPS) is 9.83. The van der Waals surface area contributed by atoms with Crippen molar-refractivity contribution in [2.45, 2.75) is 6.61 Å². The van der Waals surface area contributed by atoms with Crippen LogP contribution in [0.25, 0.3) is 0 Å². The van der Waals surface area contributed by atoms with Crippen LogP contribution in [0.3, 0.4) is 0 Å². The summed E-state index contributed by atoms with van der Waals surface area (Å²) in [5.41, 5.74) is 0.837. The summed E-state index contributed by atoms with van der Waals surface area (Å²) in [7, 11) is 0. The predicted molar refractivity (Wildman–Crippen MR) is 64.7 cm³/mol. The molecule has 0 aliphatic heterocycles. The number of nitrogens with zero attached hydrogens (tertiary/aromatic N) is 2. The van der Waals surface area contributed by atoms with Crippen LogP contribution in [0.5, 0.6) is 5.75 Å². The number of nitriles is 1. The summed E-state index contributed by atoms with van der Waals surface area (Å²) in [5, 5.41) is 9.19. The van der Waals surface area contributed by atoms with Gasteiger partial charge in [-0.1, -0.05) is 11.6 Å². The van der Waals surface area contributed by atoms with Crippen molar-refractivity contribution in [1.29, 1.82) is 5.26 Å². The molecule has 0 aliphatic carbocycles. The molecule has 0 bridgehead atoms. The Balaban J connectivity index is 2.11. The minimum atomic E-state index is -0.461. The predicted octanol–water partition coefficient (Wildman–Crippen LogP) is 3.32. The van der Waals surface area contributed by atoms with E-state index in [4.69, 9.17) is 21.6 Å². The SMILES string of the molecule is N#Cc1cc(F)cc(COc2cncc(Cl)c2)c1. The Bertz CT molecular complexity index is 610. The number of benzene rings is 1. The van der Waals surface area contributed by atoms with E-state index in [1.165, 1.54) is 24.5 Å². The van der Waals surface area contributed by atoms with Gasteiger partial charge in [0.2, 0.25) is 0 Å². The molecule has 0 amide bonds. The lowest BCUT2D eigenvalue weighted by atomic mass is 10.1. The van der Waals surface area contributed by atoms with E-state index in [1.807, 2.05) is 6.07 Å². The molecule has 1 aromatic carbocycles. The molecule has 90 valence electrons. The number of rotatable bonds is 3. The minimum absolute atomic E-state index is 0.147. The third-order valence-corrected chi connectivity index (χ3v) is 2.38. The highest BCUT2D eigenvalue weighted by Crippen LogP contribution is 2.17. The van der Waals surface area contributed by atoms with E-state index in [9.17, 15) is 4.39 Å². The van der Waals surface area contributed by atoms with Crippen LogP contribution < -0.4 is 4.74 Å². The van der Waals surface area contributed by atoms with Crippen LogP contribution >= 0.6 is 11.6 Å². The maximum atomic E-state index is 13.2. The summed E-state index contributed by atoms with van der Waals surface area (Å²) in [4.78, 5) is 3.86. The summed E-state index contributed by atoms with van der Waals surface area (Å²) in [5.74, 6) is 0.0298.